The van der Waals surface area contributed by atoms with Gasteiger partial charge in [0, 0.05) is 12.4 Å². The highest BCUT2D eigenvalue weighted by Crippen LogP contribution is 2.36. The molecule has 168 valence electrons. The molecule has 0 radical (unpaired) electrons. The maximum atomic E-state index is 13.6. The fourth-order valence-electron chi connectivity index (χ4n) is 3.00. The molecule has 0 spiro atoms. The van der Waals surface area contributed by atoms with Crippen molar-refractivity contribution in [2.24, 2.45) is 0 Å². The Morgan fingerprint density at radius 2 is 1.66 bits per heavy atom. The van der Waals surface area contributed by atoms with Gasteiger partial charge in [-0.15, -0.1) is 0 Å². The van der Waals surface area contributed by atoms with Crippen LogP contribution >= 0.6 is 0 Å². The smallest absolute Gasteiger partial charge is 0.418 e. The van der Waals surface area contributed by atoms with Gasteiger partial charge in [0.25, 0.3) is 5.91 Å². The number of nitrogens with one attached hydrogen (secondary N) is 1. The van der Waals surface area contributed by atoms with E-state index in [4.69, 9.17) is 4.74 Å². The number of carbonyl (C=O) groups is 1. The monoisotopic (exact) mass is 455 g/mol. The quantitative estimate of drug-likeness (QED) is 0.548. The van der Waals surface area contributed by atoms with E-state index in [1.54, 1.807) is 0 Å². The molecule has 1 aromatic carbocycles. The number of hydrogen-bond acceptors (Lipinski definition) is 4. The fourth-order valence-corrected chi connectivity index (χ4v) is 3.00. The van der Waals surface area contributed by atoms with E-state index in [0.29, 0.717) is 0 Å². The number of benzene rings is 1. The second-order valence-electron chi connectivity index (χ2n) is 6.54. The van der Waals surface area contributed by atoms with Gasteiger partial charge < -0.3 is 10.1 Å². The highest BCUT2D eigenvalue weighted by atomic mass is 19.4. The zero-order valence-corrected chi connectivity index (χ0v) is 16.3. The third-order valence-corrected chi connectivity index (χ3v) is 4.51. The van der Waals surface area contributed by atoms with Crippen molar-refractivity contribution in [1.29, 1.82) is 0 Å². The van der Waals surface area contributed by atoms with Gasteiger partial charge in [-0.05, 0) is 35.9 Å². The van der Waals surface area contributed by atoms with Gasteiger partial charge in [-0.1, -0.05) is 12.1 Å². The molecular weight excluding hydrogens is 440 g/mol. The number of ether oxygens (including phenoxy) is 1. The van der Waals surface area contributed by atoms with Gasteiger partial charge in [0.15, 0.2) is 0 Å². The summed E-state index contributed by atoms with van der Waals surface area (Å²) in [7, 11) is 1.28. The molecule has 1 atom stereocenters. The number of pyridine rings is 2. The summed E-state index contributed by atoms with van der Waals surface area (Å²) in [5.41, 5.74) is -2.74. The molecule has 32 heavy (non-hydrogen) atoms. The molecule has 0 aliphatic rings. The number of amides is 1. The van der Waals surface area contributed by atoms with E-state index >= 15 is 0 Å². The summed E-state index contributed by atoms with van der Waals surface area (Å²) in [5.74, 6) is -0.763. The fraction of sp³-hybridized carbons (Fsp3) is 0.190. The molecule has 0 saturated heterocycles. The second-order valence-corrected chi connectivity index (χ2v) is 6.54. The Hall–Kier alpha value is -3.63. The number of alkyl halides is 6. The number of nitrogens with zero attached hydrogens (tertiary/aromatic N) is 2. The standard InChI is InChI=1S/C21H15F6N3O2/c1-32-16-11-28-10-8-14(16)19(31)30-17(12-4-6-13(7-5-12)20(22,23)24)18-15(21(25,26)27)3-2-9-29-18/h2-11,17H,1H3,(H,30,31). The Kier molecular flexibility index (Phi) is 6.37. The van der Waals surface area contributed by atoms with Crippen LogP contribution in [0.3, 0.4) is 0 Å². The lowest BCUT2D eigenvalue weighted by Crippen LogP contribution is -2.32. The average Bonchev–Trinajstić information content (AvgIpc) is 2.76. The molecule has 0 aliphatic heterocycles. The first-order chi connectivity index (χ1) is 15.0. The first kappa shape index (κ1) is 23.0. The zero-order valence-electron chi connectivity index (χ0n) is 16.3. The molecule has 1 amide bonds. The van der Waals surface area contributed by atoms with Crippen LogP contribution in [0.1, 0.15) is 38.8 Å². The molecule has 2 aromatic heterocycles. The number of aromatic nitrogens is 2. The summed E-state index contributed by atoms with van der Waals surface area (Å²) in [6, 6.07) is 5.07. The van der Waals surface area contributed by atoms with Crippen molar-refractivity contribution in [3.63, 3.8) is 0 Å². The Labute approximate surface area is 178 Å². The van der Waals surface area contributed by atoms with Crippen LogP contribution in [-0.2, 0) is 12.4 Å². The summed E-state index contributed by atoms with van der Waals surface area (Å²) >= 11 is 0. The summed E-state index contributed by atoms with van der Waals surface area (Å²) < 4.78 is 84.6. The predicted molar refractivity (Wildman–Crippen MR) is 101 cm³/mol. The SMILES string of the molecule is COc1cnccc1C(=O)NC(c1ccc(C(F)(F)F)cc1)c1ncccc1C(F)(F)F. The van der Waals surface area contributed by atoms with Gasteiger partial charge in [0.2, 0.25) is 0 Å². The molecule has 11 heteroatoms. The molecule has 0 aliphatic carbocycles. The minimum atomic E-state index is -4.81. The molecule has 5 nitrogen and oxygen atoms in total. The molecule has 1 N–H and O–H groups in total. The molecule has 0 bridgehead atoms. The van der Waals surface area contributed by atoms with Crippen molar-refractivity contribution in [2.45, 2.75) is 18.4 Å². The van der Waals surface area contributed by atoms with Gasteiger partial charge >= 0.3 is 12.4 Å². The zero-order chi connectivity index (χ0) is 23.5. The van der Waals surface area contributed by atoms with Crippen molar-refractivity contribution >= 4 is 5.91 Å². The number of halogens is 6. The van der Waals surface area contributed by atoms with Crippen LogP contribution in [-0.4, -0.2) is 23.0 Å². The molecule has 2 heterocycles. The summed E-state index contributed by atoms with van der Waals surface area (Å²) in [6.07, 6.45) is -5.83. The Balaban J connectivity index is 2.10. The van der Waals surface area contributed by atoms with E-state index in [9.17, 15) is 31.1 Å². The topological polar surface area (TPSA) is 64.1 Å². The predicted octanol–water partition coefficient (Wildman–Crippen LogP) is 5.04. The number of methoxy groups -OCH3 is 1. The second kappa shape index (κ2) is 8.85. The Morgan fingerprint density at radius 3 is 2.25 bits per heavy atom. The van der Waals surface area contributed by atoms with Crippen LogP contribution in [0.2, 0.25) is 0 Å². The normalized spacial score (nSPS) is 12.8. The van der Waals surface area contributed by atoms with Crippen LogP contribution in [0.25, 0.3) is 0 Å². The first-order valence-electron chi connectivity index (χ1n) is 9.00. The highest BCUT2D eigenvalue weighted by Gasteiger charge is 2.37. The van der Waals surface area contributed by atoms with Crippen molar-refractivity contribution < 1.29 is 35.9 Å². The molecule has 3 rings (SSSR count). The summed E-state index contributed by atoms with van der Waals surface area (Å²) in [6.45, 7) is 0. The van der Waals surface area contributed by atoms with Crippen molar-refractivity contribution in [2.75, 3.05) is 7.11 Å². The van der Waals surface area contributed by atoms with Gasteiger partial charge in [0.1, 0.15) is 5.75 Å². The van der Waals surface area contributed by atoms with E-state index in [0.717, 1.165) is 42.6 Å². The summed E-state index contributed by atoms with van der Waals surface area (Å²) in [5, 5.41) is 2.42. The minimum absolute atomic E-state index is 0.0242. The lowest BCUT2D eigenvalue weighted by atomic mass is 9.97. The van der Waals surface area contributed by atoms with Crippen molar-refractivity contribution in [1.82, 2.24) is 15.3 Å². The lowest BCUT2D eigenvalue weighted by molar-refractivity contribution is -0.139. The number of rotatable bonds is 5. The van der Waals surface area contributed by atoms with Gasteiger partial charge in [-0.2, -0.15) is 26.3 Å². The highest BCUT2D eigenvalue weighted by molar-refractivity contribution is 5.97. The van der Waals surface area contributed by atoms with Crippen LogP contribution in [0.5, 0.6) is 5.75 Å². The van der Waals surface area contributed by atoms with Gasteiger partial charge in [0.05, 0.1) is 41.7 Å². The van der Waals surface area contributed by atoms with Crippen LogP contribution in [0, 0.1) is 0 Å². The van der Waals surface area contributed by atoms with Crippen LogP contribution in [0.4, 0.5) is 26.3 Å². The van der Waals surface area contributed by atoms with Crippen LogP contribution < -0.4 is 10.1 Å². The molecule has 1 unspecified atom stereocenters. The van der Waals surface area contributed by atoms with Crippen molar-refractivity contribution in [3.05, 3.63) is 89.0 Å². The minimum Gasteiger partial charge on any atom is -0.494 e. The van der Waals surface area contributed by atoms with Gasteiger partial charge in [-0.3, -0.25) is 14.8 Å². The number of hydrogen-bond donors (Lipinski definition) is 1. The molecule has 3 aromatic rings. The van der Waals surface area contributed by atoms with E-state index in [2.05, 4.69) is 15.3 Å². The molecule has 0 saturated carbocycles. The Morgan fingerprint density at radius 1 is 0.969 bits per heavy atom. The van der Waals surface area contributed by atoms with Crippen LogP contribution in [0.15, 0.2) is 61.1 Å². The molecule has 0 fully saturated rings. The third-order valence-electron chi connectivity index (χ3n) is 4.51. The maximum Gasteiger partial charge on any atom is 0.418 e. The van der Waals surface area contributed by atoms with E-state index in [1.165, 1.54) is 25.6 Å². The largest absolute Gasteiger partial charge is 0.494 e. The van der Waals surface area contributed by atoms with Gasteiger partial charge in [-0.25, -0.2) is 0 Å². The van der Waals surface area contributed by atoms with E-state index < -0.39 is 41.1 Å². The first-order valence-corrected chi connectivity index (χ1v) is 9.00. The lowest BCUT2D eigenvalue weighted by Gasteiger charge is -2.23. The van der Waals surface area contributed by atoms with E-state index in [1.807, 2.05) is 0 Å². The Bertz CT molecular complexity index is 1100. The van der Waals surface area contributed by atoms with Crippen molar-refractivity contribution in [3.8, 4) is 5.75 Å². The third kappa shape index (κ3) is 4.98. The van der Waals surface area contributed by atoms with E-state index in [-0.39, 0.29) is 16.9 Å². The molecular formula is C21H15F6N3O2. The summed E-state index contributed by atoms with van der Waals surface area (Å²) in [4.78, 5) is 20.4. The maximum absolute atomic E-state index is 13.6. The number of carbonyl (C=O) groups excluding carboxylic acids is 1. The average molecular weight is 455 g/mol.